The van der Waals surface area contributed by atoms with E-state index >= 15 is 0 Å². The Bertz CT molecular complexity index is 701. The summed E-state index contributed by atoms with van der Waals surface area (Å²) in [5.74, 6) is -0.0390. The first-order valence-corrected chi connectivity index (χ1v) is 7.51. The van der Waals surface area contributed by atoms with Gasteiger partial charge in [0.05, 0.1) is 17.2 Å². The highest BCUT2D eigenvalue weighted by Gasteiger charge is 2.14. The van der Waals surface area contributed by atoms with Gasteiger partial charge in [0.15, 0.2) is 0 Å². The van der Waals surface area contributed by atoms with Crippen molar-refractivity contribution < 1.29 is 17.5 Å². The third-order valence-electron chi connectivity index (χ3n) is 2.50. The first-order chi connectivity index (χ1) is 9.51. The van der Waals surface area contributed by atoms with Gasteiger partial charge in [-0.05, 0) is 37.3 Å². The molecule has 0 aliphatic heterocycles. The molecule has 0 fully saturated rings. The number of nitrogens with one attached hydrogen (secondary N) is 1. The second kappa shape index (κ2) is 5.92. The Morgan fingerprint density at radius 1 is 1.15 bits per heavy atom. The molecule has 1 N–H and O–H groups in total. The Hall–Kier alpha value is -2.08. The van der Waals surface area contributed by atoms with Crippen molar-refractivity contribution in [2.24, 2.45) is 0 Å². The van der Waals surface area contributed by atoms with Crippen LogP contribution in [0.1, 0.15) is 6.92 Å². The SMILES string of the molecule is CCOc1cccc(NS(=O)(=O)c2cccc(F)c2)c1. The molecule has 0 aliphatic rings. The van der Waals surface area contributed by atoms with Gasteiger partial charge in [0, 0.05) is 6.07 Å². The predicted octanol–water partition coefficient (Wildman–Crippen LogP) is 3.03. The van der Waals surface area contributed by atoms with Gasteiger partial charge in [-0.3, -0.25) is 4.72 Å². The smallest absolute Gasteiger partial charge is 0.261 e. The van der Waals surface area contributed by atoms with E-state index in [-0.39, 0.29) is 4.90 Å². The number of hydrogen-bond donors (Lipinski definition) is 1. The minimum Gasteiger partial charge on any atom is -0.494 e. The van der Waals surface area contributed by atoms with E-state index in [0.717, 1.165) is 6.07 Å². The molecule has 4 nitrogen and oxygen atoms in total. The van der Waals surface area contributed by atoms with E-state index in [9.17, 15) is 12.8 Å². The molecule has 0 atom stereocenters. The highest BCUT2D eigenvalue weighted by Crippen LogP contribution is 2.21. The molecule has 0 aliphatic carbocycles. The van der Waals surface area contributed by atoms with Crippen LogP contribution in [0.3, 0.4) is 0 Å². The van der Waals surface area contributed by atoms with E-state index in [4.69, 9.17) is 4.74 Å². The van der Waals surface area contributed by atoms with Crippen LogP contribution in [0, 0.1) is 5.82 Å². The molecule has 0 aromatic heterocycles. The highest BCUT2D eigenvalue weighted by molar-refractivity contribution is 7.92. The second-order valence-electron chi connectivity index (χ2n) is 4.02. The van der Waals surface area contributed by atoms with Crippen LogP contribution in [0.25, 0.3) is 0 Å². The topological polar surface area (TPSA) is 55.4 Å². The number of ether oxygens (including phenoxy) is 1. The summed E-state index contributed by atoms with van der Waals surface area (Å²) in [4.78, 5) is -0.126. The average molecular weight is 295 g/mol. The Morgan fingerprint density at radius 3 is 2.60 bits per heavy atom. The molecule has 0 saturated carbocycles. The van der Waals surface area contributed by atoms with Crippen LogP contribution in [-0.2, 0) is 10.0 Å². The van der Waals surface area contributed by atoms with Crippen LogP contribution in [0.2, 0.25) is 0 Å². The third-order valence-corrected chi connectivity index (χ3v) is 3.88. The minimum atomic E-state index is -3.81. The summed E-state index contributed by atoms with van der Waals surface area (Å²) in [5.41, 5.74) is 0.361. The molecule has 2 rings (SSSR count). The molecule has 106 valence electrons. The van der Waals surface area contributed by atoms with E-state index in [2.05, 4.69) is 4.72 Å². The number of sulfonamides is 1. The van der Waals surface area contributed by atoms with Gasteiger partial charge in [0.25, 0.3) is 10.0 Å². The Kier molecular flexibility index (Phi) is 4.24. The molecular weight excluding hydrogens is 281 g/mol. The fourth-order valence-electron chi connectivity index (χ4n) is 1.66. The number of halogens is 1. The fourth-order valence-corrected chi connectivity index (χ4v) is 2.74. The third kappa shape index (κ3) is 3.48. The monoisotopic (exact) mass is 295 g/mol. The van der Waals surface area contributed by atoms with Gasteiger partial charge in [0.1, 0.15) is 11.6 Å². The maximum atomic E-state index is 13.1. The molecule has 0 unspecified atom stereocenters. The normalized spacial score (nSPS) is 11.1. The van der Waals surface area contributed by atoms with E-state index in [1.54, 1.807) is 24.3 Å². The molecule has 20 heavy (non-hydrogen) atoms. The van der Waals surface area contributed by atoms with E-state index < -0.39 is 15.8 Å². The van der Waals surface area contributed by atoms with Crippen molar-refractivity contribution in [1.82, 2.24) is 0 Å². The van der Waals surface area contributed by atoms with Crippen LogP contribution in [0.15, 0.2) is 53.4 Å². The zero-order valence-electron chi connectivity index (χ0n) is 10.8. The summed E-state index contributed by atoms with van der Waals surface area (Å²) in [7, 11) is -3.81. The number of anilines is 1. The summed E-state index contributed by atoms with van der Waals surface area (Å²) in [6.45, 7) is 2.32. The molecular formula is C14H14FNO3S. The highest BCUT2D eigenvalue weighted by atomic mass is 32.2. The zero-order valence-corrected chi connectivity index (χ0v) is 11.7. The Balaban J connectivity index is 2.26. The quantitative estimate of drug-likeness (QED) is 0.922. The summed E-state index contributed by atoms with van der Waals surface area (Å²) in [6.07, 6.45) is 0. The lowest BCUT2D eigenvalue weighted by molar-refractivity contribution is 0.340. The van der Waals surface area contributed by atoms with Crippen molar-refractivity contribution >= 4 is 15.7 Å². The maximum Gasteiger partial charge on any atom is 0.261 e. The van der Waals surface area contributed by atoms with Crippen LogP contribution >= 0.6 is 0 Å². The first-order valence-electron chi connectivity index (χ1n) is 6.02. The number of hydrogen-bond acceptors (Lipinski definition) is 3. The van der Waals surface area contributed by atoms with Crippen molar-refractivity contribution in [2.45, 2.75) is 11.8 Å². The van der Waals surface area contributed by atoms with Gasteiger partial charge in [-0.2, -0.15) is 0 Å². The second-order valence-corrected chi connectivity index (χ2v) is 5.71. The summed E-state index contributed by atoms with van der Waals surface area (Å²) < 4.78 is 45.0. The predicted molar refractivity (Wildman–Crippen MR) is 74.8 cm³/mol. The molecule has 2 aromatic rings. The van der Waals surface area contributed by atoms with E-state index in [1.165, 1.54) is 18.2 Å². The average Bonchev–Trinajstić information content (AvgIpc) is 2.39. The molecule has 0 radical (unpaired) electrons. The zero-order chi connectivity index (χ0) is 14.6. The summed E-state index contributed by atoms with van der Waals surface area (Å²) in [6, 6.07) is 11.4. The lowest BCUT2D eigenvalue weighted by atomic mass is 10.3. The van der Waals surface area contributed by atoms with Crippen molar-refractivity contribution in [1.29, 1.82) is 0 Å². The largest absolute Gasteiger partial charge is 0.494 e. The molecule has 0 spiro atoms. The fraction of sp³-hybridized carbons (Fsp3) is 0.143. The van der Waals surface area contributed by atoms with Crippen molar-refractivity contribution in [3.05, 3.63) is 54.3 Å². The van der Waals surface area contributed by atoms with Crippen molar-refractivity contribution in [3.8, 4) is 5.75 Å². The molecule has 2 aromatic carbocycles. The van der Waals surface area contributed by atoms with Gasteiger partial charge in [-0.25, -0.2) is 12.8 Å². The van der Waals surface area contributed by atoms with Crippen LogP contribution < -0.4 is 9.46 Å². The number of benzene rings is 2. The lowest BCUT2D eigenvalue weighted by Gasteiger charge is -2.10. The number of rotatable bonds is 5. The summed E-state index contributed by atoms with van der Waals surface area (Å²) in [5, 5.41) is 0. The van der Waals surface area contributed by atoms with Gasteiger partial charge >= 0.3 is 0 Å². The molecule has 0 bridgehead atoms. The van der Waals surface area contributed by atoms with E-state index in [1.807, 2.05) is 6.92 Å². The van der Waals surface area contributed by atoms with E-state index in [0.29, 0.717) is 18.0 Å². The Morgan fingerprint density at radius 2 is 1.90 bits per heavy atom. The van der Waals surface area contributed by atoms with Gasteiger partial charge in [-0.15, -0.1) is 0 Å². The maximum absolute atomic E-state index is 13.1. The lowest BCUT2D eigenvalue weighted by Crippen LogP contribution is -2.13. The van der Waals surface area contributed by atoms with Gasteiger partial charge in [0.2, 0.25) is 0 Å². The summed E-state index contributed by atoms with van der Waals surface area (Å²) >= 11 is 0. The van der Waals surface area contributed by atoms with Crippen LogP contribution in [-0.4, -0.2) is 15.0 Å². The molecule has 0 saturated heterocycles. The van der Waals surface area contributed by atoms with Crippen molar-refractivity contribution in [2.75, 3.05) is 11.3 Å². The van der Waals surface area contributed by atoms with Crippen LogP contribution in [0.4, 0.5) is 10.1 Å². The molecule has 0 amide bonds. The van der Waals surface area contributed by atoms with Crippen LogP contribution in [0.5, 0.6) is 5.75 Å². The van der Waals surface area contributed by atoms with Gasteiger partial charge < -0.3 is 4.74 Å². The minimum absolute atomic E-state index is 0.126. The standard InChI is InChI=1S/C14H14FNO3S/c1-2-19-13-7-4-6-12(10-13)16-20(17,18)14-8-3-5-11(15)9-14/h3-10,16H,2H2,1H3. The molecule has 6 heteroatoms. The molecule has 0 heterocycles. The van der Waals surface area contributed by atoms with Gasteiger partial charge in [-0.1, -0.05) is 12.1 Å². The first kappa shape index (κ1) is 14.3. The Labute approximate surface area is 117 Å². The van der Waals surface area contributed by atoms with Crippen molar-refractivity contribution in [3.63, 3.8) is 0 Å².